The topological polar surface area (TPSA) is 151 Å². The minimum absolute atomic E-state index is 0.0319. The second-order valence-electron chi connectivity index (χ2n) is 5.04. The summed E-state index contributed by atoms with van der Waals surface area (Å²) in [7, 11) is 0. The number of phenolic OH excluding ortho intramolecular Hbond substituents is 2. The van der Waals surface area contributed by atoms with E-state index in [1.54, 1.807) is 0 Å². The van der Waals surface area contributed by atoms with Gasteiger partial charge in [-0.1, -0.05) is 10.1 Å². The van der Waals surface area contributed by atoms with Crippen molar-refractivity contribution in [2.24, 2.45) is 5.90 Å². The van der Waals surface area contributed by atoms with Gasteiger partial charge in [0.25, 0.3) is 5.89 Å². The summed E-state index contributed by atoms with van der Waals surface area (Å²) in [6.45, 7) is 0. The first kappa shape index (κ1) is 18.2. The molecule has 0 aliphatic rings. The third kappa shape index (κ3) is 3.40. The fourth-order valence-electron chi connectivity index (χ4n) is 2.23. The molecule has 0 fully saturated rings. The van der Waals surface area contributed by atoms with Gasteiger partial charge in [-0.2, -0.15) is 28.8 Å². The van der Waals surface area contributed by atoms with Gasteiger partial charge < -0.3 is 24.8 Å². The van der Waals surface area contributed by atoms with Crippen LogP contribution in [-0.2, 0) is 11.2 Å². The molecule has 0 aliphatic carbocycles. The van der Waals surface area contributed by atoms with Crippen molar-refractivity contribution in [2.45, 2.75) is 6.18 Å². The van der Waals surface area contributed by atoms with Crippen LogP contribution in [0.4, 0.5) is 13.2 Å². The van der Waals surface area contributed by atoms with E-state index in [9.17, 15) is 28.6 Å². The molecule has 1 aromatic carbocycles. The van der Waals surface area contributed by atoms with Crippen LogP contribution in [-0.4, -0.2) is 20.4 Å². The lowest BCUT2D eigenvalue weighted by Gasteiger charge is -2.09. The Labute approximate surface area is 147 Å². The van der Waals surface area contributed by atoms with Crippen molar-refractivity contribution in [1.82, 2.24) is 10.1 Å². The molecule has 0 radical (unpaired) electrons. The number of aromatic nitrogens is 3. The Morgan fingerprint density at radius 1 is 1.26 bits per heavy atom. The summed E-state index contributed by atoms with van der Waals surface area (Å²) < 4.78 is 44.0. The second-order valence-corrected chi connectivity index (χ2v) is 5.04. The molecule has 2 aromatic heterocycles. The van der Waals surface area contributed by atoms with Crippen molar-refractivity contribution in [3.05, 3.63) is 41.4 Å². The lowest BCUT2D eigenvalue weighted by atomic mass is 10.1. The number of phenols is 2. The molecule has 0 unspecified atom stereocenters. The second kappa shape index (κ2) is 6.62. The number of rotatable bonds is 4. The van der Waals surface area contributed by atoms with E-state index in [1.165, 1.54) is 0 Å². The van der Waals surface area contributed by atoms with E-state index in [1.807, 2.05) is 0 Å². The van der Waals surface area contributed by atoms with Gasteiger partial charge in [-0.25, -0.2) is 0 Å². The van der Waals surface area contributed by atoms with Gasteiger partial charge in [-0.3, -0.25) is 0 Å². The van der Waals surface area contributed by atoms with Gasteiger partial charge >= 0.3 is 11.9 Å². The van der Waals surface area contributed by atoms with Gasteiger partial charge in [0.05, 0.1) is 0 Å². The van der Waals surface area contributed by atoms with Gasteiger partial charge in [-0.05, 0) is 12.1 Å². The molecule has 0 atom stereocenters. The SMILES string of the molecule is NOOc1cc(-c2nc(-c3ccc[n+]([O-])c3C(F)(F)F)no2)cc(O)c1O. The molecule has 0 spiro atoms. The zero-order chi connectivity index (χ0) is 19.8. The number of hydrogen-bond donors (Lipinski definition) is 3. The maximum Gasteiger partial charge on any atom is 0.479 e. The van der Waals surface area contributed by atoms with Crippen LogP contribution in [0.15, 0.2) is 35.0 Å². The average molecular weight is 386 g/mol. The zero-order valence-corrected chi connectivity index (χ0v) is 13.0. The fraction of sp³-hybridized carbons (Fsp3) is 0.0714. The maximum absolute atomic E-state index is 13.1. The van der Waals surface area contributed by atoms with E-state index < -0.39 is 40.5 Å². The number of aromatic hydroxyl groups is 2. The minimum atomic E-state index is -4.96. The monoisotopic (exact) mass is 386 g/mol. The zero-order valence-electron chi connectivity index (χ0n) is 13.0. The molecule has 0 aliphatic heterocycles. The van der Waals surface area contributed by atoms with E-state index in [4.69, 9.17) is 10.4 Å². The molecule has 10 nitrogen and oxygen atoms in total. The normalized spacial score (nSPS) is 11.6. The predicted octanol–water partition coefficient (Wildman–Crippen LogP) is 1.65. The van der Waals surface area contributed by atoms with Crippen LogP contribution in [0.5, 0.6) is 17.2 Å². The molecule has 13 heteroatoms. The lowest BCUT2D eigenvalue weighted by molar-refractivity contribution is -0.628. The Balaban J connectivity index is 2.09. The van der Waals surface area contributed by atoms with Crippen molar-refractivity contribution in [1.29, 1.82) is 0 Å². The van der Waals surface area contributed by atoms with Gasteiger partial charge in [0.2, 0.25) is 17.3 Å². The van der Waals surface area contributed by atoms with Crippen molar-refractivity contribution in [3.8, 4) is 40.1 Å². The molecule has 27 heavy (non-hydrogen) atoms. The molecule has 0 amide bonds. The number of pyridine rings is 1. The van der Waals surface area contributed by atoms with E-state index >= 15 is 0 Å². The first-order valence-corrected chi connectivity index (χ1v) is 6.95. The van der Waals surface area contributed by atoms with Crippen LogP contribution >= 0.6 is 0 Å². The van der Waals surface area contributed by atoms with Crippen molar-refractivity contribution >= 4 is 0 Å². The summed E-state index contributed by atoms with van der Waals surface area (Å²) in [5.74, 6) is 2.06. The molecular formula is C14H9F3N4O6. The third-order valence-corrected chi connectivity index (χ3v) is 3.33. The third-order valence-electron chi connectivity index (χ3n) is 3.33. The Bertz CT molecular complexity index is 991. The predicted molar refractivity (Wildman–Crippen MR) is 78.4 cm³/mol. The first-order chi connectivity index (χ1) is 12.7. The van der Waals surface area contributed by atoms with Crippen molar-refractivity contribution in [2.75, 3.05) is 0 Å². The highest BCUT2D eigenvalue weighted by atomic mass is 19.4. The van der Waals surface area contributed by atoms with Crippen molar-refractivity contribution < 1.29 is 42.5 Å². The largest absolute Gasteiger partial charge is 0.618 e. The van der Waals surface area contributed by atoms with Gasteiger partial charge in [0, 0.05) is 17.7 Å². The molecule has 0 bridgehead atoms. The van der Waals surface area contributed by atoms with Gasteiger partial charge in [0.1, 0.15) is 5.56 Å². The summed E-state index contributed by atoms with van der Waals surface area (Å²) in [6, 6.07) is 4.14. The van der Waals surface area contributed by atoms with Crippen LogP contribution in [0.2, 0.25) is 0 Å². The molecule has 4 N–H and O–H groups in total. The number of hydrogen-bond acceptors (Lipinski definition) is 9. The van der Waals surface area contributed by atoms with E-state index in [-0.39, 0.29) is 16.2 Å². The molecule has 0 saturated carbocycles. The van der Waals surface area contributed by atoms with Crippen LogP contribution < -0.4 is 15.5 Å². The molecule has 0 saturated heterocycles. The summed E-state index contributed by atoms with van der Waals surface area (Å²) in [6.07, 6.45) is -4.28. The molecule has 3 aromatic rings. The van der Waals surface area contributed by atoms with Crippen molar-refractivity contribution in [3.63, 3.8) is 0 Å². The lowest BCUT2D eigenvalue weighted by Crippen LogP contribution is -2.37. The summed E-state index contributed by atoms with van der Waals surface area (Å²) >= 11 is 0. The van der Waals surface area contributed by atoms with Crippen LogP contribution in [0.3, 0.4) is 0 Å². The number of nitrogens with zero attached hydrogens (tertiary/aromatic N) is 3. The standard InChI is InChI=1S/C14H9F3N4O6/c15-14(16,17)11-7(2-1-3-21(11)24)12-19-13(25-20-12)6-4-8(22)10(23)9(5-6)26-27-18/h1-5,22-23H,18H2. The van der Waals surface area contributed by atoms with Gasteiger partial charge in [-0.15, -0.1) is 0 Å². The maximum atomic E-state index is 13.1. The summed E-state index contributed by atoms with van der Waals surface area (Å²) in [4.78, 5) is 12.1. The fourth-order valence-corrected chi connectivity index (χ4v) is 2.23. The van der Waals surface area contributed by atoms with E-state index in [0.29, 0.717) is 6.20 Å². The van der Waals surface area contributed by atoms with Crippen LogP contribution in [0.25, 0.3) is 22.8 Å². The highest BCUT2D eigenvalue weighted by molar-refractivity contribution is 5.66. The quantitative estimate of drug-likeness (QED) is 0.200. The number of alkyl halides is 3. The number of nitrogens with two attached hydrogens (primary N) is 1. The average Bonchev–Trinajstić information content (AvgIpc) is 3.07. The minimum Gasteiger partial charge on any atom is -0.618 e. The highest BCUT2D eigenvalue weighted by Gasteiger charge is 2.44. The number of halogens is 3. The number of benzene rings is 1. The Hall–Kier alpha value is -3.58. The smallest absolute Gasteiger partial charge is 0.479 e. The molecular weight excluding hydrogens is 377 g/mol. The van der Waals surface area contributed by atoms with Crippen LogP contribution in [0, 0.1) is 5.21 Å². The Morgan fingerprint density at radius 3 is 2.67 bits per heavy atom. The Kier molecular flexibility index (Phi) is 4.47. The van der Waals surface area contributed by atoms with E-state index in [2.05, 4.69) is 20.0 Å². The summed E-state index contributed by atoms with van der Waals surface area (Å²) in [5.41, 5.74) is -2.16. The Morgan fingerprint density at radius 2 is 2.00 bits per heavy atom. The highest BCUT2D eigenvalue weighted by Crippen LogP contribution is 2.40. The van der Waals surface area contributed by atoms with E-state index in [0.717, 1.165) is 24.3 Å². The molecule has 3 rings (SSSR count). The molecule has 2 heterocycles. The molecule has 142 valence electrons. The summed E-state index contributed by atoms with van der Waals surface area (Å²) in [5, 5.41) is 34.2. The van der Waals surface area contributed by atoms with Gasteiger partial charge in [0.15, 0.2) is 11.9 Å². The van der Waals surface area contributed by atoms with Crippen LogP contribution in [0.1, 0.15) is 5.69 Å². The first-order valence-electron chi connectivity index (χ1n) is 6.95.